The lowest BCUT2D eigenvalue weighted by Crippen LogP contribution is -2.34. The van der Waals surface area contributed by atoms with E-state index in [9.17, 15) is 0 Å². The Labute approximate surface area is 133 Å². The van der Waals surface area contributed by atoms with Crippen molar-refractivity contribution in [3.8, 4) is 0 Å². The van der Waals surface area contributed by atoms with E-state index in [1.807, 2.05) is 0 Å². The molecule has 2 rings (SSSR count). The van der Waals surface area contributed by atoms with Crippen LogP contribution in [0.1, 0.15) is 93.9 Å². The first-order valence-electron chi connectivity index (χ1n) is 8.91. The maximum Gasteiger partial charge on any atom is -0.00634 e. The normalized spacial score (nSPS) is 29.9. The number of allylic oxidation sites excluding steroid dienone is 1. The molecule has 0 heteroatoms. The average molecular weight is 289 g/mol. The lowest BCUT2D eigenvalue weighted by molar-refractivity contribution is 0.203. The van der Waals surface area contributed by atoms with E-state index < -0.39 is 0 Å². The molecule has 0 atom stereocenters. The van der Waals surface area contributed by atoms with E-state index in [2.05, 4.69) is 61.1 Å². The Hall–Kier alpha value is -0.480. The zero-order valence-corrected chi connectivity index (χ0v) is 15.7. The second-order valence-electron chi connectivity index (χ2n) is 10.1. The summed E-state index contributed by atoms with van der Waals surface area (Å²) in [5.41, 5.74) is 8.43. The predicted molar refractivity (Wildman–Crippen MR) is 93.4 cm³/mol. The molecule has 2 aliphatic carbocycles. The summed E-state index contributed by atoms with van der Waals surface area (Å²) in [6, 6.07) is 0. The minimum absolute atomic E-state index is 0.304. The molecule has 0 nitrogen and oxygen atoms in total. The third-order valence-corrected chi connectivity index (χ3v) is 6.16. The van der Waals surface area contributed by atoms with E-state index in [0.29, 0.717) is 21.7 Å². The zero-order valence-electron chi connectivity index (χ0n) is 15.7. The fourth-order valence-corrected chi connectivity index (χ4v) is 5.08. The van der Waals surface area contributed by atoms with Crippen molar-refractivity contribution >= 4 is 0 Å². The van der Waals surface area contributed by atoms with Crippen LogP contribution in [0.4, 0.5) is 0 Å². The molecule has 0 N–H and O–H groups in total. The summed E-state index contributed by atoms with van der Waals surface area (Å²) in [5.74, 6) is 0. The van der Waals surface area contributed by atoms with Crippen LogP contribution in [0.15, 0.2) is 16.9 Å². The van der Waals surface area contributed by atoms with Gasteiger partial charge in [-0.2, -0.15) is 0 Å². The van der Waals surface area contributed by atoms with Crippen LogP contribution in [-0.4, -0.2) is 0 Å². The highest BCUT2D eigenvalue weighted by Gasteiger charge is 2.42. The molecule has 2 aliphatic rings. The summed E-state index contributed by atoms with van der Waals surface area (Å²) in [5, 5.41) is 0. The highest BCUT2D eigenvalue weighted by Crippen LogP contribution is 2.54. The average Bonchev–Trinajstić information content (AvgIpc) is 2.23. The molecular formula is C21H36. The van der Waals surface area contributed by atoms with Gasteiger partial charge in [0.05, 0.1) is 0 Å². The molecule has 0 aromatic carbocycles. The Morgan fingerprint density at radius 3 is 1.00 bits per heavy atom. The lowest BCUT2D eigenvalue weighted by atomic mass is 9.58. The molecule has 0 bridgehead atoms. The van der Waals surface area contributed by atoms with Gasteiger partial charge in [0.1, 0.15) is 0 Å². The van der Waals surface area contributed by atoms with Gasteiger partial charge in [-0.3, -0.25) is 0 Å². The van der Waals surface area contributed by atoms with Crippen molar-refractivity contribution in [3.05, 3.63) is 16.9 Å². The number of hydrogen-bond donors (Lipinski definition) is 0. The van der Waals surface area contributed by atoms with E-state index in [4.69, 9.17) is 0 Å². The Morgan fingerprint density at radius 1 is 0.524 bits per heavy atom. The SMILES string of the molecule is CC1(C)CCCC(C)(C)C1=C=C1C(C)(C)CCCC1(C)C. The molecule has 0 amide bonds. The highest BCUT2D eigenvalue weighted by molar-refractivity contribution is 5.30. The molecule has 120 valence electrons. The van der Waals surface area contributed by atoms with Crippen molar-refractivity contribution < 1.29 is 0 Å². The molecule has 0 aromatic heterocycles. The monoisotopic (exact) mass is 288 g/mol. The molecule has 0 radical (unpaired) electrons. The van der Waals surface area contributed by atoms with E-state index in [0.717, 1.165) is 0 Å². The first-order chi connectivity index (χ1) is 9.39. The van der Waals surface area contributed by atoms with Crippen molar-refractivity contribution in [2.24, 2.45) is 21.7 Å². The van der Waals surface area contributed by atoms with Gasteiger partial charge in [0.2, 0.25) is 0 Å². The van der Waals surface area contributed by atoms with E-state index >= 15 is 0 Å². The van der Waals surface area contributed by atoms with Crippen molar-refractivity contribution in [1.82, 2.24) is 0 Å². The summed E-state index contributed by atoms with van der Waals surface area (Å²) < 4.78 is 0. The van der Waals surface area contributed by atoms with Gasteiger partial charge in [-0.1, -0.05) is 68.2 Å². The van der Waals surface area contributed by atoms with Crippen LogP contribution < -0.4 is 0 Å². The molecule has 21 heavy (non-hydrogen) atoms. The third kappa shape index (κ3) is 3.16. The van der Waals surface area contributed by atoms with Crippen molar-refractivity contribution in [1.29, 1.82) is 0 Å². The summed E-state index contributed by atoms with van der Waals surface area (Å²) in [7, 11) is 0. The Kier molecular flexibility index (Phi) is 4.04. The predicted octanol–water partition coefficient (Wildman–Crippen LogP) is 6.91. The van der Waals surface area contributed by atoms with Crippen molar-refractivity contribution in [3.63, 3.8) is 0 Å². The molecule has 0 unspecified atom stereocenters. The van der Waals surface area contributed by atoms with Crippen molar-refractivity contribution in [2.75, 3.05) is 0 Å². The highest BCUT2D eigenvalue weighted by atomic mass is 14.5. The Bertz CT molecular complexity index is 398. The quantitative estimate of drug-likeness (QED) is 0.425. The second-order valence-corrected chi connectivity index (χ2v) is 10.1. The Balaban J connectivity index is 2.69. The summed E-state index contributed by atoms with van der Waals surface area (Å²) in [4.78, 5) is 0. The van der Waals surface area contributed by atoms with Crippen LogP contribution in [-0.2, 0) is 0 Å². The maximum absolute atomic E-state index is 4.05. The van der Waals surface area contributed by atoms with Gasteiger partial charge in [-0.25, -0.2) is 0 Å². The van der Waals surface area contributed by atoms with Gasteiger partial charge in [-0.15, -0.1) is 5.73 Å². The number of hydrogen-bond acceptors (Lipinski definition) is 0. The molecule has 0 spiro atoms. The standard InChI is InChI=1S/C21H36/c1-18(2)11-9-12-19(3,4)16(18)15-17-20(5,6)13-10-14-21(17,7)8/h9-14H2,1-8H3. The molecule has 0 aliphatic heterocycles. The first-order valence-corrected chi connectivity index (χ1v) is 8.91. The van der Waals surface area contributed by atoms with E-state index in [1.54, 1.807) is 11.1 Å². The molecule has 0 saturated heterocycles. The van der Waals surface area contributed by atoms with Crippen LogP contribution >= 0.6 is 0 Å². The zero-order chi connectivity index (χ0) is 16.1. The van der Waals surface area contributed by atoms with Gasteiger partial charge < -0.3 is 0 Å². The van der Waals surface area contributed by atoms with Gasteiger partial charge in [-0.05, 0) is 58.5 Å². The van der Waals surface area contributed by atoms with Gasteiger partial charge in [0.25, 0.3) is 0 Å². The second kappa shape index (κ2) is 5.02. The maximum atomic E-state index is 4.05. The smallest absolute Gasteiger partial charge is 0.00634 e. The lowest BCUT2D eigenvalue weighted by Gasteiger charge is -2.46. The molecule has 0 aromatic rings. The van der Waals surface area contributed by atoms with Crippen LogP contribution in [0, 0.1) is 21.7 Å². The van der Waals surface area contributed by atoms with Crippen LogP contribution in [0.2, 0.25) is 0 Å². The molecule has 2 saturated carbocycles. The summed E-state index contributed by atoms with van der Waals surface area (Å²) >= 11 is 0. The third-order valence-electron chi connectivity index (χ3n) is 6.16. The van der Waals surface area contributed by atoms with Crippen LogP contribution in [0.25, 0.3) is 0 Å². The molecule has 2 fully saturated rings. The van der Waals surface area contributed by atoms with Gasteiger partial charge in [0, 0.05) is 0 Å². The fourth-order valence-electron chi connectivity index (χ4n) is 5.08. The minimum atomic E-state index is 0.304. The van der Waals surface area contributed by atoms with Crippen molar-refractivity contribution in [2.45, 2.75) is 93.9 Å². The minimum Gasteiger partial charge on any atom is -0.120 e. The number of rotatable bonds is 0. The van der Waals surface area contributed by atoms with Gasteiger partial charge >= 0.3 is 0 Å². The van der Waals surface area contributed by atoms with Crippen LogP contribution in [0.3, 0.4) is 0 Å². The summed E-state index contributed by atoms with van der Waals surface area (Å²) in [6.45, 7) is 19.4. The van der Waals surface area contributed by atoms with Crippen LogP contribution in [0.5, 0.6) is 0 Å². The Morgan fingerprint density at radius 2 is 0.762 bits per heavy atom. The van der Waals surface area contributed by atoms with E-state index in [-0.39, 0.29) is 0 Å². The fraction of sp³-hybridized carbons (Fsp3) is 0.857. The summed E-state index contributed by atoms with van der Waals surface area (Å²) in [6.07, 6.45) is 7.96. The van der Waals surface area contributed by atoms with E-state index in [1.165, 1.54) is 38.5 Å². The van der Waals surface area contributed by atoms with Gasteiger partial charge in [0.15, 0.2) is 0 Å². The molecular weight excluding hydrogens is 252 g/mol. The molecule has 0 heterocycles. The topological polar surface area (TPSA) is 0 Å². The largest absolute Gasteiger partial charge is 0.120 e. The first kappa shape index (κ1) is 16.9.